The van der Waals surface area contributed by atoms with E-state index in [1.165, 1.54) is 24.9 Å². The highest BCUT2D eigenvalue weighted by Crippen LogP contribution is 2.59. The van der Waals surface area contributed by atoms with E-state index < -0.39 is 0 Å². The van der Waals surface area contributed by atoms with E-state index in [2.05, 4.69) is 77.3 Å². The van der Waals surface area contributed by atoms with Gasteiger partial charge >= 0.3 is 6.03 Å². The van der Waals surface area contributed by atoms with Crippen molar-refractivity contribution >= 4 is 34.9 Å². The second-order valence-corrected chi connectivity index (χ2v) is 14.8. The number of likely N-dealkylation sites (N-methyl/N-ethyl adjacent to an activating group) is 1. The molecular weight excluding hydrogens is 574 g/mol. The molecule has 9 rings (SSSR count). The first kappa shape index (κ1) is 29.7. The first-order chi connectivity index (χ1) is 22.3. The Balaban J connectivity index is 1.15. The fourth-order valence-electron chi connectivity index (χ4n) is 9.79. The molecule has 2 amide bonds. The van der Waals surface area contributed by atoms with Crippen molar-refractivity contribution in [2.24, 2.45) is 17.8 Å². The van der Waals surface area contributed by atoms with Crippen molar-refractivity contribution in [3.8, 4) is 0 Å². The summed E-state index contributed by atoms with van der Waals surface area (Å²) in [4.78, 5) is 33.8. The van der Waals surface area contributed by atoms with Gasteiger partial charge in [-0.3, -0.25) is 9.80 Å². The number of aryl methyl sites for hydroxylation is 1. The molecule has 6 aliphatic rings. The first-order valence-corrected chi connectivity index (χ1v) is 17.3. The number of benzene rings is 2. The van der Waals surface area contributed by atoms with Gasteiger partial charge < -0.3 is 20.2 Å². The number of hydrogen-bond donors (Lipinski definition) is 2. The van der Waals surface area contributed by atoms with Crippen LogP contribution < -0.4 is 20.0 Å². The first-order valence-electron chi connectivity index (χ1n) is 17.3. The zero-order chi connectivity index (χ0) is 31.6. The van der Waals surface area contributed by atoms with Gasteiger partial charge in [-0.25, -0.2) is 9.78 Å². The highest BCUT2D eigenvalue weighted by molar-refractivity contribution is 6.07. The molecule has 46 heavy (non-hydrogen) atoms. The molecule has 2 aliphatic heterocycles. The monoisotopic (exact) mass is 621 g/mol. The van der Waals surface area contributed by atoms with Crippen molar-refractivity contribution in [3.05, 3.63) is 64.8 Å². The lowest BCUT2D eigenvalue weighted by atomic mass is 9.52. The van der Waals surface area contributed by atoms with E-state index in [-0.39, 0.29) is 18.2 Å². The maximum absolute atomic E-state index is 15.0. The maximum Gasteiger partial charge on any atom is 0.331 e. The molecule has 4 bridgehead atoms. The van der Waals surface area contributed by atoms with Crippen LogP contribution in [0.25, 0.3) is 0 Å². The van der Waals surface area contributed by atoms with Gasteiger partial charge in [0.25, 0.3) is 0 Å². The summed E-state index contributed by atoms with van der Waals surface area (Å²) in [5.74, 6) is 3.36. The van der Waals surface area contributed by atoms with Crippen LogP contribution in [0.5, 0.6) is 0 Å². The number of fused-ring (bicyclic) bond motifs is 1. The summed E-state index contributed by atoms with van der Waals surface area (Å²) in [5, 5.41) is 13.2. The Morgan fingerprint density at radius 2 is 1.61 bits per heavy atom. The molecule has 5 fully saturated rings. The highest BCUT2D eigenvalue weighted by Gasteiger charge is 2.57. The average molecular weight is 622 g/mol. The van der Waals surface area contributed by atoms with Crippen molar-refractivity contribution in [1.82, 2.24) is 14.9 Å². The van der Waals surface area contributed by atoms with Crippen LogP contribution in [0.3, 0.4) is 0 Å². The third kappa shape index (κ3) is 5.12. The van der Waals surface area contributed by atoms with Crippen molar-refractivity contribution in [3.63, 3.8) is 0 Å². The van der Waals surface area contributed by atoms with Crippen LogP contribution in [-0.2, 0) is 13.0 Å². The summed E-state index contributed by atoms with van der Waals surface area (Å²) >= 11 is 0. The van der Waals surface area contributed by atoms with E-state index in [4.69, 9.17) is 9.97 Å². The Kier molecular flexibility index (Phi) is 7.44. The van der Waals surface area contributed by atoms with Gasteiger partial charge in [-0.05, 0) is 125 Å². The third-order valence-corrected chi connectivity index (χ3v) is 11.7. The minimum absolute atomic E-state index is 0.0305. The van der Waals surface area contributed by atoms with Crippen LogP contribution in [0.4, 0.5) is 33.6 Å². The third-order valence-electron chi connectivity index (χ3n) is 11.7. The molecular formula is C37H47N7O2. The molecule has 4 aliphatic carbocycles. The van der Waals surface area contributed by atoms with E-state index in [9.17, 15) is 9.90 Å². The number of hydrogen-bond acceptors (Lipinski definition) is 7. The summed E-state index contributed by atoms with van der Waals surface area (Å²) in [6.07, 6.45) is 9.59. The highest BCUT2D eigenvalue weighted by atomic mass is 16.3. The quantitative estimate of drug-likeness (QED) is 0.333. The Hall–Kier alpha value is -3.69. The second kappa shape index (κ2) is 11.5. The molecule has 9 heteroatoms. The Morgan fingerprint density at radius 3 is 2.26 bits per heavy atom. The lowest BCUT2D eigenvalue weighted by Gasteiger charge is -2.61. The van der Waals surface area contributed by atoms with Crippen LogP contribution in [0.2, 0.25) is 0 Å². The molecule has 4 saturated carbocycles. The largest absolute Gasteiger partial charge is 0.396 e. The fourth-order valence-corrected chi connectivity index (χ4v) is 9.79. The number of anilines is 5. The van der Waals surface area contributed by atoms with Crippen molar-refractivity contribution < 1.29 is 9.90 Å². The van der Waals surface area contributed by atoms with Gasteiger partial charge in [0.15, 0.2) is 0 Å². The minimum Gasteiger partial charge on any atom is -0.396 e. The Bertz CT molecular complexity index is 1600. The number of aromatic nitrogens is 2. The Labute approximate surface area is 272 Å². The molecule has 242 valence electrons. The normalized spacial score (nSPS) is 27.3. The number of carbonyl (C=O) groups excluding carboxylic acids is 1. The van der Waals surface area contributed by atoms with Crippen LogP contribution in [-0.4, -0.2) is 71.4 Å². The topological polar surface area (TPSA) is 88.1 Å². The van der Waals surface area contributed by atoms with E-state index >= 15 is 0 Å². The number of nitrogens with zero attached hydrogens (tertiary/aromatic N) is 6. The number of aliphatic hydroxyl groups is 1. The van der Waals surface area contributed by atoms with Gasteiger partial charge in [0.2, 0.25) is 5.95 Å². The minimum atomic E-state index is -0.209. The number of aliphatic hydroxyl groups excluding tert-OH is 1. The van der Waals surface area contributed by atoms with Crippen molar-refractivity contribution in [2.75, 3.05) is 59.9 Å². The molecule has 1 aromatic heterocycles. The summed E-state index contributed by atoms with van der Waals surface area (Å²) < 4.78 is 0. The number of rotatable bonds is 7. The molecule has 0 spiro atoms. The molecule has 1 saturated heterocycles. The smallest absolute Gasteiger partial charge is 0.331 e. The average Bonchev–Trinajstić information content (AvgIpc) is 3.03. The zero-order valence-corrected chi connectivity index (χ0v) is 27.5. The molecule has 2 aromatic carbocycles. The molecule has 2 N–H and O–H groups in total. The van der Waals surface area contributed by atoms with Crippen LogP contribution in [0.1, 0.15) is 60.8 Å². The SMILES string of the molecule is Cc1ccc(CCO)c(C)c1N1Cc2cnc(Nc3ccc(N4CCN(C)CC4)cc3)nc2N(C23CC4CC(CC(C4)C2)C3)C1=O. The van der Waals surface area contributed by atoms with E-state index in [1.54, 1.807) is 0 Å². The summed E-state index contributed by atoms with van der Waals surface area (Å²) in [7, 11) is 2.18. The van der Waals surface area contributed by atoms with Crippen LogP contribution in [0, 0.1) is 31.6 Å². The lowest BCUT2D eigenvalue weighted by molar-refractivity contribution is -0.000910. The zero-order valence-electron chi connectivity index (χ0n) is 27.5. The second-order valence-electron chi connectivity index (χ2n) is 14.8. The summed E-state index contributed by atoms with van der Waals surface area (Å²) in [5.41, 5.74) is 7.12. The van der Waals surface area contributed by atoms with E-state index in [0.29, 0.717) is 36.7 Å². The van der Waals surface area contributed by atoms with E-state index in [1.807, 2.05) is 11.1 Å². The van der Waals surface area contributed by atoms with Gasteiger partial charge in [0.05, 0.1) is 17.8 Å². The predicted molar refractivity (Wildman–Crippen MR) is 183 cm³/mol. The fraction of sp³-hybridized carbons (Fsp3) is 0.541. The van der Waals surface area contributed by atoms with Crippen LogP contribution >= 0.6 is 0 Å². The molecule has 3 aromatic rings. The molecule has 0 atom stereocenters. The summed E-state index contributed by atoms with van der Waals surface area (Å²) in [6, 6.07) is 12.8. The van der Waals surface area contributed by atoms with Gasteiger partial charge in [-0.15, -0.1) is 0 Å². The van der Waals surface area contributed by atoms with Gasteiger partial charge in [0.1, 0.15) is 5.82 Å². The van der Waals surface area contributed by atoms with Gasteiger partial charge in [0, 0.05) is 55.9 Å². The number of piperazine rings is 1. The molecule has 3 heterocycles. The van der Waals surface area contributed by atoms with Crippen molar-refractivity contribution in [2.45, 2.75) is 70.9 Å². The number of urea groups is 1. The van der Waals surface area contributed by atoms with E-state index in [0.717, 1.165) is 84.9 Å². The summed E-state index contributed by atoms with van der Waals surface area (Å²) in [6.45, 7) is 8.91. The van der Waals surface area contributed by atoms with Gasteiger partial charge in [-0.1, -0.05) is 12.1 Å². The number of nitrogens with one attached hydrogen (secondary N) is 1. The molecule has 0 radical (unpaired) electrons. The van der Waals surface area contributed by atoms with Crippen LogP contribution in [0.15, 0.2) is 42.6 Å². The number of amides is 2. The van der Waals surface area contributed by atoms with Gasteiger partial charge in [-0.2, -0.15) is 4.98 Å². The Morgan fingerprint density at radius 1 is 0.935 bits per heavy atom. The predicted octanol–water partition coefficient (Wildman–Crippen LogP) is 6.04. The van der Waals surface area contributed by atoms with Crippen molar-refractivity contribution in [1.29, 1.82) is 0 Å². The maximum atomic E-state index is 15.0. The lowest BCUT2D eigenvalue weighted by Crippen LogP contribution is -2.65. The number of carbonyl (C=O) groups is 1. The molecule has 0 unspecified atom stereocenters. The molecule has 9 nitrogen and oxygen atoms in total. The standard InChI is InChI=1S/C37H47N7O2/c1-24-4-5-29(10-15-45)25(2)33(24)43-23-30-22-38-35(39-31-6-8-32(9-7-31)42-13-11-41(3)12-14-42)40-34(30)44(36(43)46)37-19-26-16-27(20-37)18-28(17-26)21-37/h4-9,22,26-28,45H,10-21,23H2,1-3H3,(H,38,39,40).